The van der Waals surface area contributed by atoms with Gasteiger partial charge in [0.15, 0.2) is 0 Å². The lowest BCUT2D eigenvalue weighted by molar-refractivity contribution is -0.123. The van der Waals surface area contributed by atoms with Gasteiger partial charge in [0, 0.05) is 41.9 Å². The summed E-state index contributed by atoms with van der Waals surface area (Å²) in [6.07, 6.45) is 0. The average Bonchev–Trinajstić information content (AvgIpc) is 2.64. The molecule has 6 nitrogen and oxygen atoms in total. The Morgan fingerprint density at radius 2 is 1.46 bits per heavy atom. The van der Waals surface area contributed by atoms with Crippen LogP contribution in [-0.4, -0.2) is 42.9 Å². The van der Waals surface area contributed by atoms with Crippen LogP contribution in [0.2, 0.25) is 0 Å². The van der Waals surface area contributed by atoms with E-state index in [0.717, 1.165) is 41.9 Å². The van der Waals surface area contributed by atoms with Gasteiger partial charge in [0.25, 0.3) is 0 Å². The first-order chi connectivity index (χ1) is 12.5. The van der Waals surface area contributed by atoms with Crippen LogP contribution < -0.4 is 16.4 Å². The van der Waals surface area contributed by atoms with Gasteiger partial charge in [-0.1, -0.05) is 28.1 Å². The monoisotopic (exact) mass is 416 g/mol. The fourth-order valence-electron chi connectivity index (χ4n) is 3.27. The highest BCUT2D eigenvalue weighted by Crippen LogP contribution is 2.25. The van der Waals surface area contributed by atoms with Crippen LogP contribution >= 0.6 is 15.9 Å². The van der Waals surface area contributed by atoms with Crippen molar-refractivity contribution in [3.63, 3.8) is 0 Å². The summed E-state index contributed by atoms with van der Waals surface area (Å²) in [6, 6.07) is 14.5. The molecule has 2 aromatic rings. The number of anilines is 1. The Hall–Kier alpha value is -2.38. The van der Waals surface area contributed by atoms with Crippen LogP contribution in [0.25, 0.3) is 0 Å². The summed E-state index contributed by atoms with van der Waals surface area (Å²) < 4.78 is 0.966. The second kappa shape index (κ2) is 7.88. The second-order valence-corrected chi connectivity index (χ2v) is 7.21. The minimum Gasteiger partial charge on any atom is -0.369 e. The zero-order valence-corrected chi connectivity index (χ0v) is 15.9. The lowest BCUT2D eigenvalue weighted by Gasteiger charge is -2.39. The molecule has 0 aromatic heterocycles. The lowest BCUT2D eigenvalue weighted by Crippen LogP contribution is -2.50. The van der Waals surface area contributed by atoms with Crippen LogP contribution in [0.15, 0.2) is 53.0 Å². The maximum atomic E-state index is 12.0. The standard InChI is InChI=1S/C19H21BrN4O2/c20-15-5-1-13(2-6-15)17(19(22)26)24-11-9-23(10-12-24)16-7-3-14(4-8-16)18(21)25/h1-8,17H,9-12H2,(H2,21,25)(H2,22,26). The van der Waals surface area contributed by atoms with Gasteiger partial charge in [-0.05, 0) is 42.0 Å². The van der Waals surface area contributed by atoms with E-state index in [9.17, 15) is 9.59 Å². The van der Waals surface area contributed by atoms with Crippen LogP contribution in [0, 0.1) is 0 Å². The topological polar surface area (TPSA) is 92.7 Å². The first-order valence-electron chi connectivity index (χ1n) is 8.39. The third kappa shape index (κ3) is 4.05. The molecule has 1 unspecified atom stereocenters. The van der Waals surface area contributed by atoms with Gasteiger partial charge in [-0.3, -0.25) is 14.5 Å². The average molecular weight is 417 g/mol. The fraction of sp³-hybridized carbons (Fsp3) is 0.263. The van der Waals surface area contributed by atoms with Gasteiger partial charge in [-0.25, -0.2) is 0 Å². The number of nitrogens with two attached hydrogens (primary N) is 2. The van der Waals surface area contributed by atoms with Crippen molar-refractivity contribution >= 4 is 33.4 Å². The maximum Gasteiger partial charge on any atom is 0.248 e. The Kier molecular flexibility index (Phi) is 5.58. The number of rotatable bonds is 5. The molecule has 1 heterocycles. The molecule has 2 amide bonds. The van der Waals surface area contributed by atoms with Crippen molar-refractivity contribution in [3.8, 4) is 0 Å². The molecule has 0 aliphatic carbocycles. The van der Waals surface area contributed by atoms with Crippen LogP contribution in [-0.2, 0) is 4.79 Å². The Morgan fingerprint density at radius 3 is 1.96 bits per heavy atom. The van der Waals surface area contributed by atoms with Crippen molar-refractivity contribution in [2.75, 3.05) is 31.1 Å². The van der Waals surface area contributed by atoms with Crippen molar-refractivity contribution in [2.45, 2.75) is 6.04 Å². The molecule has 1 atom stereocenters. The fourth-order valence-corrected chi connectivity index (χ4v) is 3.54. The van der Waals surface area contributed by atoms with Gasteiger partial charge in [0.05, 0.1) is 0 Å². The molecule has 136 valence electrons. The number of benzene rings is 2. The molecule has 1 saturated heterocycles. The zero-order valence-electron chi connectivity index (χ0n) is 14.3. The predicted octanol–water partition coefficient (Wildman–Crippen LogP) is 1.90. The van der Waals surface area contributed by atoms with E-state index in [4.69, 9.17) is 11.5 Å². The molecular weight excluding hydrogens is 396 g/mol. The van der Waals surface area contributed by atoms with E-state index < -0.39 is 11.9 Å². The number of hydrogen-bond acceptors (Lipinski definition) is 4. The molecule has 1 aliphatic rings. The van der Waals surface area contributed by atoms with Gasteiger partial charge >= 0.3 is 0 Å². The Balaban J connectivity index is 1.69. The lowest BCUT2D eigenvalue weighted by atomic mass is 10.0. The summed E-state index contributed by atoms with van der Waals surface area (Å²) in [6.45, 7) is 2.99. The van der Waals surface area contributed by atoms with Crippen LogP contribution in [0.1, 0.15) is 22.0 Å². The molecule has 7 heteroatoms. The molecule has 4 N–H and O–H groups in total. The number of piperazine rings is 1. The maximum absolute atomic E-state index is 12.0. The SMILES string of the molecule is NC(=O)c1ccc(N2CCN(C(C(N)=O)c3ccc(Br)cc3)CC2)cc1. The number of hydrogen-bond donors (Lipinski definition) is 2. The van der Waals surface area contributed by atoms with Gasteiger partial charge in [0.2, 0.25) is 11.8 Å². The van der Waals surface area contributed by atoms with Crippen LogP contribution in [0.3, 0.4) is 0 Å². The van der Waals surface area contributed by atoms with Crippen LogP contribution in [0.4, 0.5) is 5.69 Å². The van der Waals surface area contributed by atoms with E-state index in [1.807, 2.05) is 36.4 Å². The summed E-state index contributed by atoms with van der Waals surface area (Å²) >= 11 is 3.41. The molecule has 0 saturated carbocycles. The molecule has 0 bridgehead atoms. The van der Waals surface area contributed by atoms with E-state index >= 15 is 0 Å². The number of nitrogens with zero attached hydrogens (tertiary/aromatic N) is 2. The highest BCUT2D eigenvalue weighted by atomic mass is 79.9. The van der Waals surface area contributed by atoms with E-state index in [-0.39, 0.29) is 5.91 Å². The first kappa shape index (κ1) is 18.4. The first-order valence-corrected chi connectivity index (χ1v) is 9.18. The van der Waals surface area contributed by atoms with E-state index in [1.165, 1.54) is 0 Å². The summed E-state index contributed by atoms with van der Waals surface area (Å²) in [4.78, 5) is 27.6. The van der Waals surface area contributed by atoms with Crippen molar-refractivity contribution in [3.05, 3.63) is 64.1 Å². The highest BCUT2D eigenvalue weighted by Gasteiger charge is 2.29. The molecule has 1 aliphatic heterocycles. The molecule has 0 radical (unpaired) electrons. The van der Waals surface area contributed by atoms with Crippen LogP contribution in [0.5, 0.6) is 0 Å². The summed E-state index contributed by atoms with van der Waals surface area (Å²) in [7, 11) is 0. The summed E-state index contributed by atoms with van der Waals surface area (Å²) in [5, 5.41) is 0. The Bertz CT molecular complexity index is 784. The number of halogens is 1. The third-order valence-corrected chi connectivity index (χ3v) is 5.18. The summed E-state index contributed by atoms with van der Waals surface area (Å²) in [5.74, 6) is -0.772. The van der Waals surface area contributed by atoms with Gasteiger partial charge < -0.3 is 16.4 Å². The molecule has 26 heavy (non-hydrogen) atoms. The largest absolute Gasteiger partial charge is 0.369 e. The van der Waals surface area contributed by atoms with Gasteiger partial charge in [-0.15, -0.1) is 0 Å². The molecule has 2 aromatic carbocycles. The predicted molar refractivity (Wildman–Crippen MR) is 105 cm³/mol. The van der Waals surface area contributed by atoms with Gasteiger partial charge in [0.1, 0.15) is 6.04 Å². The van der Waals surface area contributed by atoms with E-state index in [2.05, 4.69) is 25.7 Å². The van der Waals surface area contributed by atoms with E-state index in [1.54, 1.807) is 12.1 Å². The third-order valence-electron chi connectivity index (χ3n) is 4.65. The van der Waals surface area contributed by atoms with Crippen molar-refractivity contribution in [2.24, 2.45) is 11.5 Å². The normalized spacial score (nSPS) is 16.3. The Labute approximate surface area is 160 Å². The molecule has 3 rings (SSSR count). The van der Waals surface area contributed by atoms with Crippen molar-refractivity contribution < 1.29 is 9.59 Å². The van der Waals surface area contributed by atoms with Crippen molar-refractivity contribution in [1.82, 2.24) is 4.90 Å². The zero-order chi connectivity index (χ0) is 18.7. The number of amides is 2. The molecule has 0 spiro atoms. The minimum atomic E-state index is -0.430. The minimum absolute atomic E-state index is 0.341. The molecular formula is C19H21BrN4O2. The van der Waals surface area contributed by atoms with Gasteiger partial charge in [-0.2, -0.15) is 0 Å². The smallest absolute Gasteiger partial charge is 0.248 e. The number of primary amides is 2. The quantitative estimate of drug-likeness (QED) is 0.777. The van der Waals surface area contributed by atoms with E-state index in [0.29, 0.717) is 5.56 Å². The summed E-state index contributed by atoms with van der Waals surface area (Å²) in [5.41, 5.74) is 13.4. The number of carbonyl (C=O) groups is 2. The number of carbonyl (C=O) groups excluding carboxylic acids is 2. The molecule has 1 fully saturated rings. The second-order valence-electron chi connectivity index (χ2n) is 6.29. The van der Waals surface area contributed by atoms with Crippen molar-refractivity contribution in [1.29, 1.82) is 0 Å². The Morgan fingerprint density at radius 1 is 0.885 bits per heavy atom. The highest BCUT2D eigenvalue weighted by molar-refractivity contribution is 9.10.